The molecule has 1 heterocycles. The van der Waals surface area contributed by atoms with Crippen LogP contribution in [-0.2, 0) is 16.1 Å². The molecule has 0 aromatic heterocycles. The standard InChI is InChI=1S/C27H34N2O3/c1-2-3-18-32-24-16-14-22(15-17-24)26-27(31)28(23-12-8-5-9-13-23)20-25(30)29(26)19-21-10-6-4-7-11-21/h4,6-7,10-11,14-17,23,26H,2-3,5,8-9,12-13,18-20H2,1H3/t26-/m0/s1. The zero-order chi connectivity index (χ0) is 22.3. The van der Waals surface area contributed by atoms with Gasteiger partial charge in [0.05, 0.1) is 6.61 Å². The summed E-state index contributed by atoms with van der Waals surface area (Å²) < 4.78 is 5.80. The van der Waals surface area contributed by atoms with Crippen LogP contribution in [0.4, 0.5) is 0 Å². The van der Waals surface area contributed by atoms with Crippen LogP contribution >= 0.6 is 0 Å². The van der Waals surface area contributed by atoms with Crippen molar-refractivity contribution in [3.63, 3.8) is 0 Å². The molecular weight excluding hydrogens is 400 g/mol. The summed E-state index contributed by atoms with van der Waals surface area (Å²) in [6.07, 6.45) is 7.56. The maximum Gasteiger partial charge on any atom is 0.250 e. The third kappa shape index (κ3) is 5.14. The van der Waals surface area contributed by atoms with Crippen LogP contribution in [0.1, 0.15) is 69.0 Å². The average Bonchev–Trinajstić information content (AvgIpc) is 2.83. The molecule has 0 N–H and O–H groups in total. The lowest BCUT2D eigenvalue weighted by molar-refractivity contribution is -0.160. The zero-order valence-corrected chi connectivity index (χ0v) is 19.0. The van der Waals surface area contributed by atoms with Crippen molar-refractivity contribution in [2.75, 3.05) is 13.2 Å². The molecule has 0 radical (unpaired) electrons. The second-order valence-electron chi connectivity index (χ2n) is 8.94. The summed E-state index contributed by atoms with van der Waals surface area (Å²) in [4.78, 5) is 30.7. The molecule has 1 saturated heterocycles. The van der Waals surface area contributed by atoms with Gasteiger partial charge < -0.3 is 14.5 Å². The predicted octanol–water partition coefficient (Wildman–Crippen LogP) is 5.11. The first-order valence-corrected chi connectivity index (χ1v) is 12.0. The Morgan fingerprint density at radius 3 is 2.34 bits per heavy atom. The minimum atomic E-state index is -0.594. The Balaban J connectivity index is 1.60. The number of carbonyl (C=O) groups is 2. The smallest absolute Gasteiger partial charge is 0.250 e. The lowest BCUT2D eigenvalue weighted by Gasteiger charge is -2.44. The van der Waals surface area contributed by atoms with E-state index >= 15 is 0 Å². The van der Waals surface area contributed by atoms with Crippen molar-refractivity contribution in [3.8, 4) is 5.75 Å². The molecule has 2 amide bonds. The molecule has 1 saturated carbocycles. The fourth-order valence-electron chi connectivity index (χ4n) is 4.81. The van der Waals surface area contributed by atoms with Gasteiger partial charge in [0.15, 0.2) is 0 Å². The van der Waals surface area contributed by atoms with E-state index < -0.39 is 6.04 Å². The van der Waals surface area contributed by atoms with E-state index in [9.17, 15) is 9.59 Å². The number of hydrogen-bond acceptors (Lipinski definition) is 3. The van der Waals surface area contributed by atoms with Crippen LogP contribution in [0.5, 0.6) is 5.75 Å². The molecule has 2 aromatic carbocycles. The topological polar surface area (TPSA) is 49.9 Å². The third-order valence-electron chi connectivity index (χ3n) is 6.63. The number of unbranched alkanes of at least 4 members (excludes halogenated alkanes) is 1. The van der Waals surface area contributed by atoms with Gasteiger partial charge in [0.1, 0.15) is 18.3 Å². The van der Waals surface area contributed by atoms with E-state index in [1.165, 1.54) is 6.42 Å². The van der Waals surface area contributed by atoms with Crippen molar-refractivity contribution in [1.29, 1.82) is 0 Å². The summed E-state index contributed by atoms with van der Waals surface area (Å²) in [5.41, 5.74) is 1.88. The van der Waals surface area contributed by atoms with Crippen LogP contribution < -0.4 is 4.74 Å². The van der Waals surface area contributed by atoms with Gasteiger partial charge in [-0.15, -0.1) is 0 Å². The van der Waals surface area contributed by atoms with E-state index in [-0.39, 0.29) is 24.4 Å². The number of hydrogen-bond donors (Lipinski definition) is 0. The van der Waals surface area contributed by atoms with Gasteiger partial charge in [-0.25, -0.2) is 0 Å². The molecule has 2 aromatic rings. The van der Waals surface area contributed by atoms with Gasteiger partial charge in [0.25, 0.3) is 5.91 Å². The summed E-state index contributed by atoms with van der Waals surface area (Å²) in [7, 11) is 0. The molecule has 0 unspecified atom stereocenters. The van der Waals surface area contributed by atoms with Crippen molar-refractivity contribution in [1.82, 2.24) is 9.80 Å². The number of ether oxygens (including phenoxy) is 1. The molecule has 1 aliphatic heterocycles. The Morgan fingerprint density at radius 1 is 0.938 bits per heavy atom. The molecule has 5 nitrogen and oxygen atoms in total. The lowest BCUT2D eigenvalue weighted by atomic mass is 9.91. The first kappa shape index (κ1) is 22.4. The number of carbonyl (C=O) groups excluding carboxylic acids is 2. The van der Waals surface area contributed by atoms with Crippen LogP contribution in [0.15, 0.2) is 54.6 Å². The zero-order valence-electron chi connectivity index (χ0n) is 19.0. The lowest BCUT2D eigenvalue weighted by Crippen LogP contribution is -2.58. The maximum absolute atomic E-state index is 13.8. The van der Waals surface area contributed by atoms with E-state index in [1.54, 1.807) is 4.90 Å². The van der Waals surface area contributed by atoms with Gasteiger partial charge in [-0.05, 0) is 42.5 Å². The fraction of sp³-hybridized carbons (Fsp3) is 0.481. The van der Waals surface area contributed by atoms with Crippen LogP contribution in [-0.4, -0.2) is 40.8 Å². The molecule has 4 rings (SSSR count). The predicted molar refractivity (Wildman–Crippen MR) is 125 cm³/mol. The van der Waals surface area contributed by atoms with Crippen molar-refractivity contribution < 1.29 is 14.3 Å². The summed E-state index contributed by atoms with van der Waals surface area (Å²) in [5.74, 6) is 0.870. The van der Waals surface area contributed by atoms with Crippen LogP contribution in [0.25, 0.3) is 0 Å². The molecule has 32 heavy (non-hydrogen) atoms. The highest BCUT2D eigenvalue weighted by atomic mass is 16.5. The Hall–Kier alpha value is -2.82. The Bertz CT molecular complexity index is 891. The van der Waals surface area contributed by atoms with Gasteiger partial charge in [0, 0.05) is 12.6 Å². The number of amides is 2. The SMILES string of the molecule is CCCCOc1ccc([C@H]2C(=O)N(C3CCCCC3)CC(=O)N2Cc2ccccc2)cc1. The van der Waals surface area contributed by atoms with E-state index in [0.29, 0.717) is 13.2 Å². The van der Waals surface area contributed by atoms with Gasteiger partial charge in [-0.3, -0.25) is 9.59 Å². The molecule has 1 aliphatic carbocycles. The molecule has 0 bridgehead atoms. The van der Waals surface area contributed by atoms with Gasteiger partial charge in [0.2, 0.25) is 5.91 Å². The summed E-state index contributed by atoms with van der Waals surface area (Å²) in [6.45, 7) is 3.44. The Morgan fingerprint density at radius 2 is 1.66 bits per heavy atom. The first-order chi connectivity index (χ1) is 15.7. The molecule has 2 fully saturated rings. The normalized spacial score (nSPS) is 20.0. The second-order valence-corrected chi connectivity index (χ2v) is 8.94. The van der Waals surface area contributed by atoms with Gasteiger partial charge in [-0.1, -0.05) is 75.1 Å². The summed E-state index contributed by atoms with van der Waals surface area (Å²) in [5, 5.41) is 0. The maximum atomic E-state index is 13.8. The molecule has 170 valence electrons. The summed E-state index contributed by atoms with van der Waals surface area (Å²) >= 11 is 0. The Labute approximate surface area is 191 Å². The first-order valence-electron chi connectivity index (χ1n) is 12.0. The van der Waals surface area contributed by atoms with E-state index in [1.807, 2.05) is 59.5 Å². The number of nitrogens with zero attached hydrogens (tertiary/aromatic N) is 2. The molecule has 2 aliphatic rings. The minimum absolute atomic E-state index is 0.0206. The average molecular weight is 435 g/mol. The number of rotatable bonds is 8. The summed E-state index contributed by atoms with van der Waals surface area (Å²) in [6, 6.07) is 17.2. The van der Waals surface area contributed by atoms with Gasteiger partial charge >= 0.3 is 0 Å². The van der Waals surface area contributed by atoms with E-state index in [0.717, 1.165) is 55.4 Å². The number of piperazine rings is 1. The number of benzene rings is 2. The Kier molecular flexibility index (Phi) is 7.46. The highest BCUT2D eigenvalue weighted by molar-refractivity contribution is 5.95. The van der Waals surface area contributed by atoms with Crippen molar-refractivity contribution in [2.24, 2.45) is 0 Å². The highest BCUT2D eigenvalue weighted by Gasteiger charge is 2.42. The largest absolute Gasteiger partial charge is 0.494 e. The van der Waals surface area contributed by atoms with Crippen LogP contribution in [0.3, 0.4) is 0 Å². The van der Waals surface area contributed by atoms with Crippen molar-refractivity contribution in [3.05, 3.63) is 65.7 Å². The minimum Gasteiger partial charge on any atom is -0.494 e. The quantitative estimate of drug-likeness (QED) is 0.543. The molecular formula is C27H34N2O3. The second kappa shape index (κ2) is 10.7. The van der Waals surface area contributed by atoms with Crippen molar-refractivity contribution >= 4 is 11.8 Å². The van der Waals surface area contributed by atoms with E-state index in [4.69, 9.17) is 4.74 Å². The van der Waals surface area contributed by atoms with Crippen LogP contribution in [0.2, 0.25) is 0 Å². The fourth-order valence-corrected chi connectivity index (χ4v) is 4.81. The van der Waals surface area contributed by atoms with Gasteiger partial charge in [-0.2, -0.15) is 0 Å². The van der Waals surface area contributed by atoms with Crippen molar-refractivity contribution in [2.45, 2.75) is 70.5 Å². The third-order valence-corrected chi connectivity index (χ3v) is 6.63. The molecule has 5 heteroatoms. The molecule has 1 atom stereocenters. The molecule has 0 spiro atoms. The van der Waals surface area contributed by atoms with E-state index in [2.05, 4.69) is 6.92 Å². The highest BCUT2D eigenvalue weighted by Crippen LogP contribution is 2.34. The monoisotopic (exact) mass is 434 g/mol. The van der Waals surface area contributed by atoms with Crippen LogP contribution in [0, 0.1) is 0 Å².